The lowest BCUT2D eigenvalue weighted by molar-refractivity contribution is -0.120. The lowest BCUT2D eigenvalue weighted by atomic mass is 9.94. The van der Waals surface area contributed by atoms with Gasteiger partial charge in [0, 0.05) is 12.8 Å². The van der Waals surface area contributed by atoms with Gasteiger partial charge in [-0.05, 0) is 51.5 Å². The summed E-state index contributed by atoms with van der Waals surface area (Å²) in [6.07, 6.45) is 13.2. The molecule has 0 saturated heterocycles. The van der Waals surface area contributed by atoms with E-state index in [2.05, 4.69) is 0 Å². The minimum Gasteiger partial charge on any atom is -0.300 e. The van der Waals surface area contributed by atoms with Crippen LogP contribution in [0, 0.1) is 0 Å². The van der Waals surface area contributed by atoms with E-state index in [1.165, 1.54) is 31.3 Å². The number of carbonyl (C=O) groups excluding carboxylic acids is 2. The van der Waals surface area contributed by atoms with Gasteiger partial charge in [0.05, 0.1) is 0 Å². The number of rotatable bonds is 1. The summed E-state index contributed by atoms with van der Waals surface area (Å²) in [7, 11) is 0. The van der Waals surface area contributed by atoms with Crippen molar-refractivity contribution < 1.29 is 9.59 Å². The number of hydrogen-bond acceptors (Lipinski definition) is 2. The largest absolute Gasteiger partial charge is 0.300 e. The van der Waals surface area contributed by atoms with Gasteiger partial charge in [0.2, 0.25) is 0 Å². The average molecular weight is 236 g/mol. The first-order valence-corrected chi connectivity index (χ1v) is 6.90. The summed E-state index contributed by atoms with van der Waals surface area (Å²) in [5.41, 5.74) is 1.36. The van der Waals surface area contributed by atoms with Gasteiger partial charge in [-0.2, -0.15) is 0 Å². The Labute approximate surface area is 104 Å². The van der Waals surface area contributed by atoms with Gasteiger partial charge in [0.15, 0.2) is 5.78 Å². The third kappa shape index (κ3) is 7.09. The topological polar surface area (TPSA) is 34.1 Å². The predicted molar refractivity (Wildman–Crippen MR) is 69.9 cm³/mol. The molecule has 2 fully saturated rings. The minimum atomic E-state index is 0.205. The lowest BCUT2D eigenvalue weighted by Crippen LogP contribution is -2.02. The highest BCUT2D eigenvalue weighted by atomic mass is 16.1. The SMILES string of the molecule is CC(=O)C=C1CCCCC1.O=C1CCCCC1. The van der Waals surface area contributed by atoms with Crippen LogP contribution in [0.1, 0.15) is 71.1 Å². The van der Waals surface area contributed by atoms with E-state index in [1.54, 1.807) is 13.0 Å². The molecule has 0 N–H and O–H groups in total. The summed E-state index contributed by atoms with van der Waals surface area (Å²) in [5, 5.41) is 0. The smallest absolute Gasteiger partial charge is 0.152 e. The van der Waals surface area contributed by atoms with E-state index in [-0.39, 0.29) is 5.78 Å². The molecule has 0 unspecified atom stereocenters. The van der Waals surface area contributed by atoms with Crippen LogP contribution in [0.3, 0.4) is 0 Å². The molecule has 2 rings (SSSR count). The van der Waals surface area contributed by atoms with Crippen molar-refractivity contribution in [2.24, 2.45) is 0 Å². The maximum atomic E-state index is 10.6. The Balaban J connectivity index is 0.000000181. The van der Waals surface area contributed by atoms with Crippen molar-refractivity contribution in [1.29, 1.82) is 0 Å². The van der Waals surface area contributed by atoms with Crippen LogP contribution in [-0.2, 0) is 9.59 Å². The maximum Gasteiger partial charge on any atom is 0.152 e. The van der Waals surface area contributed by atoms with Crippen LogP contribution in [-0.4, -0.2) is 11.6 Å². The Kier molecular flexibility index (Phi) is 6.83. The highest BCUT2D eigenvalue weighted by Crippen LogP contribution is 2.22. The van der Waals surface area contributed by atoms with E-state index in [1.807, 2.05) is 0 Å². The van der Waals surface area contributed by atoms with Gasteiger partial charge in [-0.3, -0.25) is 9.59 Å². The number of allylic oxidation sites excluding steroid dienone is 2. The molecule has 17 heavy (non-hydrogen) atoms. The Morgan fingerprint density at radius 2 is 1.35 bits per heavy atom. The predicted octanol–water partition coefficient (Wildman–Crippen LogP) is 3.99. The zero-order valence-electron chi connectivity index (χ0n) is 11.0. The molecule has 0 aromatic rings. The third-order valence-corrected chi connectivity index (χ3v) is 3.31. The molecule has 2 saturated carbocycles. The van der Waals surface area contributed by atoms with Gasteiger partial charge in [0.1, 0.15) is 5.78 Å². The van der Waals surface area contributed by atoms with Crippen LogP contribution in [0.4, 0.5) is 0 Å². The zero-order valence-corrected chi connectivity index (χ0v) is 11.0. The second kappa shape index (κ2) is 8.21. The molecule has 0 aromatic carbocycles. The number of carbonyl (C=O) groups is 2. The third-order valence-electron chi connectivity index (χ3n) is 3.31. The molecule has 0 atom stereocenters. The van der Waals surface area contributed by atoms with Crippen molar-refractivity contribution in [2.45, 2.75) is 71.1 Å². The molecule has 96 valence electrons. The molecule has 2 aliphatic carbocycles. The summed E-state index contributed by atoms with van der Waals surface area (Å²) in [4.78, 5) is 21.1. The van der Waals surface area contributed by atoms with Crippen molar-refractivity contribution in [2.75, 3.05) is 0 Å². The minimum absolute atomic E-state index is 0.205. The van der Waals surface area contributed by atoms with Crippen LogP contribution in [0.25, 0.3) is 0 Å². The fraction of sp³-hybridized carbons (Fsp3) is 0.733. The summed E-state index contributed by atoms with van der Waals surface area (Å²) in [6.45, 7) is 1.63. The first-order chi connectivity index (χ1) is 8.18. The number of hydrogen-bond donors (Lipinski definition) is 0. The molecule has 0 aliphatic heterocycles. The van der Waals surface area contributed by atoms with Crippen LogP contribution in [0.15, 0.2) is 11.6 Å². The van der Waals surface area contributed by atoms with Gasteiger partial charge >= 0.3 is 0 Å². The molecule has 0 aromatic heterocycles. The van der Waals surface area contributed by atoms with Crippen molar-refractivity contribution >= 4 is 11.6 Å². The van der Waals surface area contributed by atoms with Crippen molar-refractivity contribution in [1.82, 2.24) is 0 Å². The fourth-order valence-corrected chi connectivity index (χ4v) is 2.38. The Morgan fingerprint density at radius 3 is 1.71 bits per heavy atom. The molecule has 0 amide bonds. The standard InChI is InChI=1S/C9H14O.C6H10O/c1-8(10)7-9-5-3-2-4-6-9;7-6-4-2-1-3-5-6/h7H,2-6H2,1H3;1-5H2. The average Bonchev–Trinajstić information content (AvgIpc) is 2.31. The van der Waals surface area contributed by atoms with E-state index in [0.29, 0.717) is 5.78 Å². The first-order valence-electron chi connectivity index (χ1n) is 6.90. The van der Waals surface area contributed by atoms with Crippen LogP contribution in [0.5, 0.6) is 0 Å². The molecule has 0 bridgehead atoms. The molecule has 0 spiro atoms. The second-order valence-electron chi connectivity index (χ2n) is 5.07. The highest BCUT2D eigenvalue weighted by Gasteiger charge is 2.06. The molecular formula is C15H24O2. The normalized spacial score (nSPS) is 20.3. The number of Topliss-reactive ketones (excluding diaryl/α,β-unsaturated/α-hetero) is 1. The van der Waals surface area contributed by atoms with Crippen molar-refractivity contribution in [3.63, 3.8) is 0 Å². The zero-order chi connectivity index (χ0) is 12.5. The highest BCUT2D eigenvalue weighted by molar-refractivity contribution is 5.87. The molecule has 2 aliphatic rings. The Hall–Kier alpha value is -0.920. The van der Waals surface area contributed by atoms with Gasteiger partial charge in [-0.1, -0.05) is 18.4 Å². The van der Waals surface area contributed by atoms with Crippen LogP contribution in [0.2, 0.25) is 0 Å². The van der Waals surface area contributed by atoms with Crippen molar-refractivity contribution in [3.05, 3.63) is 11.6 Å². The Bertz CT molecular complexity index is 273. The van der Waals surface area contributed by atoms with Gasteiger partial charge in [-0.15, -0.1) is 0 Å². The molecule has 2 heteroatoms. The summed E-state index contributed by atoms with van der Waals surface area (Å²) >= 11 is 0. The monoisotopic (exact) mass is 236 g/mol. The van der Waals surface area contributed by atoms with E-state index in [0.717, 1.165) is 38.5 Å². The van der Waals surface area contributed by atoms with E-state index >= 15 is 0 Å². The lowest BCUT2D eigenvalue weighted by Gasteiger charge is -2.12. The van der Waals surface area contributed by atoms with Gasteiger partial charge in [0.25, 0.3) is 0 Å². The summed E-state index contributed by atoms with van der Waals surface area (Å²) in [5.74, 6) is 0.670. The summed E-state index contributed by atoms with van der Waals surface area (Å²) < 4.78 is 0. The Morgan fingerprint density at radius 1 is 0.882 bits per heavy atom. The van der Waals surface area contributed by atoms with Crippen molar-refractivity contribution in [3.8, 4) is 0 Å². The quantitative estimate of drug-likeness (QED) is 0.645. The van der Waals surface area contributed by atoms with E-state index in [9.17, 15) is 9.59 Å². The fourth-order valence-electron chi connectivity index (χ4n) is 2.38. The maximum absolute atomic E-state index is 10.6. The van der Waals surface area contributed by atoms with E-state index < -0.39 is 0 Å². The molecule has 0 radical (unpaired) electrons. The van der Waals surface area contributed by atoms with E-state index in [4.69, 9.17) is 0 Å². The molecule has 2 nitrogen and oxygen atoms in total. The molecular weight excluding hydrogens is 212 g/mol. The van der Waals surface area contributed by atoms with Crippen LogP contribution < -0.4 is 0 Å². The van der Waals surface area contributed by atoms with Gasteiger partial charge < -0.3 is 0 Å². The van der Waals surface area contributed by atoms with Gasteiger partial charge in [-0.25, -0.2) is 0 Å². The second-order valence-corrected chi connectivity index (χ2v) is 5.07. The number of ketones is 2. The van der Waals surface area contributed by atoms with Crippen LogP contribution >= 0.6 is 0 Å². The molecule has 0 heterocycles. The summed E-state index contributed by atoms with van der Waals surface area (Å²) in [6, 6.07) is 0. The first kappa shape index (κ1) is 14.1.